The molecule has 0 spiro atoms. The minimum absolute atomic E-state index is 0.0374. The van der Waals surface area contributed by atoms with Gasteiger partial charge in [-0.15, -0.1) is 0 Å². The van der Waals surface area contributed by atoms with Crippen LogP contribution in [0.1, 0.15) is 62.6 Å². The molecule has 2 rings (SSSR count). The monoisotopic (exact) mass is 447 g/mol. The lowest BCUT2D eigenvalue weighted by molar-refractivity contribution is -0.121. The van der Waals surface area contributed by atoms with Crippen LogP contribution in [-0.2, 0) is 11.2 Å². The fourth-order valence-electron chi connectivity index (χ4n) is 3.95. The highest BCUT2D eigenvalue weighted by Gasteiger charge is 2.15. The van der Waals surface area contributed by atoms with Crippen LogP contribution in [0, 0.1) is 6.92 Å². The summed E-state index contributed by atoms with van der Waals surface area (Å²) >= 11 is 0. The summed E-state index contributed by atoms with van der Waals surface area (Å²) in [5.74, 6) is 0.569. The molecule has 1 unspecified atom stereocenters. The smallest absolute Gasteiger partial charge is 0.220 e. The largest absolute Gasteiger partial charge is 0.353 e. The summed E-state index contributed by atoms with van der Waals surface area (Å²) in [6.45, 7) is 13.5. The van der Waals surface area contributed by atoms with Gasteiger partial charge in [0.1, 0.15) is 0 Å². The zero-order chi connectivity index (χ0) is 24.4. The third-order valence-corrected chi connectivity index (χ3v) is 5.68. The number of benzene rings is 2. The first kappa shape index (κ1) is 26.5. The molecule has 0 bridgehead atoms. The number of nitrogens with zero attached hydrogens (tertiary/aromatic N) is 2. The SMILES string of the molecule is C=C(CC(Cc1ccccc1)NC(=O)CCC(C)=Nc1ccc(C(C)C)cc1C)CN(C)C. The number of rotatable bonds is 12. The molecule has 1 N–H and O–H groups in total. The average Bonchev–Trinajstić information content (AvgIpc) is 2.73. The van der Waals surface area contributed by atoms with Gasteiger partial charge in [0.25, 0.3) is 0 Å². The Morgan fingerprint density at radius 2 is 1.79 bits per heavy atom. The quantitative estimate of drug-likeness (QED) is 0.310. The van der Waals surface area contributed by atoms with Crippen molar-refractivity contribution in [2.24, 2.45) is 4.99 Å². The zero-order valence-electron chi connectivity index (χ0n) is 21.3. The molecule has 33 heavy (non-hydrogen) atoms. The number of aliphatic imine (C=N–C) groups is 1. The molecule has 0 aliphatic rings. The maximum Gasteiger partial charge on any atom is 0.220 e. The lowest BCUT2D eigenvalue weighted by atomic mass is 9.99. The molecule has 0 aromatic heterocycles. The molecule has 4 nitrogen and oxygen atoms in total. The summed E-state index contributed by atoms with van der Waals surface area (Å²) in [5.41, 5.74) is 6.80. The minimum Gasteiger partial charge on any atom is -0.353 e. The molecule has 0 radical (unpaired) electrons. The summed E-state index contributed by atoms with van der Waals surface area (Å²) < 4.78 is 0. The number of aryl methyl sites for hydroxylation is 1. The van der Waals surface area contributed by atoms with Crippen molar-refractivity contribution in [3.05, 3.63) is 77.4 Å². The van der Waals surface area contributed by atoms with E-state index in [1.165, 1.54) is 16.7 Å². The molecule has 178 valence electrons. The lowest BCUT2D eigenvalue weighted by Gasteiger charge is -2.22. The van der Waals surface area contributed by atoms with Crippen molar-refractivity contribution >= 4 is 17.3 Å². The van der Waals surface area contributed by atoms with Crippen molar-refractivity contribution in [3.8, 4) is 0 Å². The summed E-state index contributed by atoms with van der Waals surface area (Å²) in [6.07, 6.45) is 2.65. The highest BCUT2D eigenvalue weighted by molar-refractivity contribution is 5.89. The predicted molar refractivity (Wildman–Crippen MR) is 142 cm³/mol. The normalized spacial score (nSPS) is 12.8. The fourth-order valence-corrected chi connectivity index (χ4v) is 3.95. The standard InChI is InChI=1S/C29H41N3O/c1-21(2)26-14-15-28(23(4)18-26)30-24(5)13-16-29(33)31-27(17-22(3)20-32(6)7)19-25-11-9-8-10-12-25/h8-12,14-15,18,21,27H,3,13,16-17,19-20H2,1-2,4-7H3,(H,31,33). The second-order valence-electron chi connectivity index (χ2n) is 9.69. The van der Waals surface area contributed by atoms with Gasteiger partial charge in [0, 0.05) is 24.7 Å². The third-order valence-electron chi connectivity index (χ3n) is 5.68. The lowest BCUT2D eigenvalue weighted by Crippen LogP contribution is -2.37. The van der Waals surface area contributed by atoms with E-state index in [0.29, 0.717) is 18.8 Å². The van der Waals surface area contributed by atoms with Crippen LogP contribution in [0.3, 0.4) is 0 Å². The molecule has 0 fully saturated rings. The predicted octanol–water partition coefficient (Wildman–Crippen LogP) is 6.23. The summed E-state index contributed by atoms with van der Waals surface area (Å²) in [5, 5.41) is 3.25. The third kappa shape index (κ3) is 9.75. The molecule has 0 aliphatic heterocycles. The van der Waals surface area contributed by atoms with Gasteiger partial charge in [-0.25, -0.2) is 0 Å². The number of hydrogen-bond acceptors (Lipinski definition) is 3. The first-order valence-corrected chi connectivity index (χ1v) is 11.9. The maximum absolute atomic E-state index is 12.8. The van der Waals surface area contributed by atoms with E-state index in [0.717, 1.165) is 36.4 Å². The Kier molecular flexibility index (Phi) is 10.5. The average molecular weight is 448 g/mol. The van der Waals surface area contributed by atoms with Crippen LogP contribution in [0.15, 0.2) is 65.7 Å². The van der Waals surface area contributed by atoms with Crippen LogP contribution in [0.5, 0.6) is 0 Å². The second-order valence-corrected chi connectivity index (χ2v) is 9.69. The van der Waals surface area contributed by atoms with Crippen LogP contribution in [0.2, 0.25) is 0 Å². The first-order chi connectivity index (χ1) is 15.6. The number of amides is 1. The molecule has 1 atom stereocenters. The van der Waals surface area contributed by atoms with Gasteiger partial charge in [-0.3, -0.25) is 9.79 Å². The molecule has 1 amide bonds. The fraction of sp³-hybridized carbons (Fsp3) is 0.448. The number of nitrogens with one attached hydrogen (secondary N) is 1. The van der Waals surface area contributed by atoms with Crippen LogP contribution < -0.4 is 5.32 Å². The maximum atomic E-state index is 12.8. The second kappa shape index (κ2) is 13.1. The Labute approximate surface area is 200 Å². The van der Waals surface area contributed by atoms with E-state index in [9.17, 15) is 4.79 Å². The molecule has 0 saturated heterocycles. The number of carbonyl (C=O) groups is 1. The Balaban J connectivity index is 1.97. The Hall–Kier alpha value is -2.72. The molecule has 0 saturated carbocycles. The highest BCUT2D eigenvalue weighted by atomic mass is 16.1. The molecule has 2 aromatic rings. The molecule has 0 aliphatic carbocycles. The van der Waals surface area contributed by atoms with E-state index >= 15 is 0 Å². The van der Waals surface area contributed by atoms with Gasteiger partial charge in [-0.1, -0.05) is 68.5 Å². The molecular formula is C29H41N3O. The van der Waals surface area contributed by atoms with Crippen LogP contribution in [-0.4, -0.2) is 43.2 Å². The molecular weight excluding hydrogens is 406 g/mol. The van der Waals surface area contributed by atoms with Crippen molar-refractivity contribution < 1.29 is 4.79 Å². The van der Waals surface area contributed by atoms with Gasteiger partial charge in [0.15, 0.2) is 0 Å². The van der Waals surface area contributed by atoms with Crippen molar-refractivity contribution in [1.82, 2.24) is 10.2 Å². The van der Waals surface area contributed by atoms with Gasteiger partial charge in [-0.05, 0) is 75.9 Å². The Morgan fingerprint density at radius 3 is 2.39 bits per heavy atom. The van der Waals surface area contributed by atoms with E-state index in [1.807, 2.05) is 39.2 Å². The number of likely N-dealkylation sites (N-methyl/N-ethyl adjacent to an activating group) is 1. The minimum atomic E-state index is 0.0374. The van der Waals surface area contributed by atoms with Crippen LogP contribution >= 0.6 is 0 Å². The van der Waals surface area contributed by atoms with Gasteiger partial charge >= 0.3 is 0 Å². The zero-order valence-corrected chi connectivity index (χ0v) is 21.3. The van der Waals surface area contributed by atoms with E-state index in [-0.39, 0.29) is 11.9 Å². The van der Waals surface area contributed by atoms with Crippen molar-refractivity contribution in [3.63, 3.8) is 0 Å². The summed E-state index contributed by atoms with van der Waals surface area (Å²) in [4.78, 5) is 19.7. The van der Waals surface area contributed by atoms with Crippen molar-refractivity contribution in [2.75, 3.05) is 20.6 Å². The van der Waals surface area contributed by atoms with E-state index in [1.54, 1.807) is 0 Å². The number of carbonyl (C=O) groups excluding carboxylic acids is 1. The Bertz CT molecular complexity index is 945. The topological polar surface area (TPSA) is 44.7 Å². The summed E-state index contributed by atoms with van der Waals surface area (Å²) in [6, 6.07) is 16.8. The van der Waals surface area contributed by atoms with Gasteiger partial charge in [0.05, 0.1) is 5.69 Å². The van der Waals surface area contributed by atoms with E-state index in [4.69, 9.17) is 4.99 Å². The van der Waals surface area contributed by atoms with Crippen molar-refractivity contribution in [2.45, 2.75) is 65.3 Å². The van der Waals surface area contributed by atoms with E-state index in [2.05, 4.69) is 67.9 Å². The van der Waals surface area contributed by atoms with Gasteiger partial charge < -0.3 is 10.2 Å². The van der Waals surface area contributed by atoms with Crippen molar-refractivity contribution in [1.29, 1.82) is 0 Å². The van der Waals surface area contributed by atoms with Crippen LogP contribution in [0.25, 0.3) is 0 Å². The summed E-state index contributed by atoms with van der Waals surface area (Å²) in [7, 11) is 4.08. The highest BCUT2D eigenvalue weighted by Crippen LogP contribution is 2.24. The molecule has 2 aromatic carbocycles. The number of hydrogen-bond donors (Lipinski definition) is 1. The van der Waals surface area contributed by atoms with E-state index < -0.39 is 0 Å². The van der Waals surface area contributed by atoms with Crippen LogP contribution in [0.4, 0.5) is 5.69 Å². The van der Waals surface area contributed by atoms with Gasteiger partial charge in [-0.2, -0.15) is 0 Å². The first-order valence-electron chi connectivity index (χ1n) is 11.9. The molecule has 0 heterocycles. The molecule has 4 heteroatoms. The van der Waals surface area contributed by atoms with Gasteiger partial charge in [0.2, 0.25) is 5.91 Å². The Morgan fingerprint density at radius 1 is 1.09 bits per heavy atom.